The molecule has 1 atom stereocenters. The zero-order valence-corrected chi connectivity index (χ0v) is 13.5. The van der Waals surface area contributed by atoms with E-state index in [9.17, 15) is 9.59 Å². The molecule has 2 aromatic rings. The van der Waals surface area contributed by atoms with Crippen molar-refractivity contribution in [3.05, 3.63) is 70.8 Å². The van der Waals surface area contributed by atoms with Gasteiger partial charge in [-0.15, -0.1) is 0 Å². The van der Waals surface area contributed by atoms with E-state index < -0.39 is 5.97 Å². The van der Waals surface area contributed by atoms with Crippen LogP contribution in [-0.2, 0) is 17.6 Å². The van der Waals surface area contributed by atoms with Gasteiger partial charge in [0.15, 0.2) is 0 Å². The first-order valence-corrected chi connectivity index (χ1v) is 8.30. The Morgan fingerprint density at radius 1 is 1.12 bits per heavy atom. The lowest BCUT2D eigenvalue weighted by Gasteiger charge is -2.25. The van der Waals surface area contributed by atoms with Gasteiger partial charge in [-0.05, 0) is 48.1 Å². The van der Waals surface area contributed by atoms with Crippen LogP contribution >= 0.6 is 0 Å². The Hall–Kier alpha value is -2.62. The molecule has 2 aromatic carbocycles. The highest BCUT2D eigenvalue weighted by atomic mass is 16.4. The number of aryl methyl sites for hydroxylation is 1. The Balaban J connectivity index is 1.59. The predicted molar refractivity (Wildman–Crippen MR) is 92.2 cm³/mol. The number of carboxylic acid groups (broad SMARTS) is 1. The maximum atomic E-state index is 12.2. The molecule has 3 rings (SSSR count). The van der Waals surface area contributed by atoms with Crippen molar-refractivity contribution in [1.82, 2.24) is 5.32 Å². The average molecular weight is 323 g/mol. The third-order valence-electron chi connectivity index (χ3n) is 4.58. The summed E-state index contributed by atoms with van der Waals surface area (Å²) in [6, 6.07) is 15.0. The van der Waals surface area contributed by atoms with Crippen LogP contribution in [0.4, 0.5) is 0 Å². The van der Waals surface area contributed by atoms with Gasteiger partial charge in [-0.1, -0.05) is 36.4 Å². The SMILES string of the molecule is O=C(Cc1cccc(C(=O)O)c1)NCC1CCCc2ccccc21. The minimum absolute atomic E-state index is 0.0689. The van der Waals surface area contributed by atoms with E-state index >= 15 is 0 Å². The number of rotatable bonds is 5. The molecule has 1 aliphatic rings. The third-order valence-corrected chi connectivity index (χ3v) is 4.58. The van der Waals surface area contributed by atoms with Gasteiger partial charge < -0.3 is 10.4 Å². The standard InChI is InChI=1S/C20H21NO3/c22-19(12-14-5-3-8-16(11-14)20(23)24)21-13-17-9-4-7-15-6-1-2-10-18(15)17/h1-3,5-6,8,10-11,17H,4,7,9,12-13H2,(H,21,22)(H,23,24). The maximum Gasteiger partial charge on any atom is 0.335 e. The van der Waals surface area contributed by atoms with E-state index in [4.69, 9.17) is 5.11 Å². The van der Waals surface area contributed by atoms with Crippen molar-refractivity contribution in [1.29, 1.82) is 0 Å². The van der Waals surface area contributed by atoms with Crippen LogP contribution in [0, 0.1) is 0 Å². The van der Waals surface area contributed by atoms with Gasteiger partial charge in [0, 0.05) is 12.5 Å². The maximum absolute atomic E-state index is 12.2. The summed E-state index contributed by atoms with van der Waals surface area (Å²) in [4.78, 5) is 23.2. The third kappa shape index (κ3) is 3.82. The van der Waals surface area contributed by atoms with Gasteiger partial charge in [0.1, 0.15) is 0 Å². The molecule has 0 saturated carbocycles. The van der Waals surface area contributed by atoms with Crippen LogP contribution in [0.15, 0.2) is 48.5 Å². The number of carboxylic acids is 1. The first-order valence-electron chi connectivity index (χ1n) is 8.30. The number of hydrogen-bond donors (Lipinski definition) is 2. The van der Waals surface area contributed by atoms with Crippen LogP contribution in [0.25, 0.3) is 0 Å². The molecule has 4 heteroatoms. The first-order chi connectivity index (χ1) is 11.6. The molecule has 2 N–H and O–H groups in total. The van der Waals surface area contributed by atoms with Crippen molar-refractivity contribution in [3.63, 3.8) is 0 Å². The fourth-order valence-corrected chi connectivity index (χ4v) is 3.37. The zero-order chi connectivity index (χ0) is 16.9. The molecule has 4 nitrogen and oxygen atoms in total. The lowest BCUT2D eigenvalue weighted by atomic mass is 9.83. The molecule has 0 spiro atoms. The van der Waals surface area contributed by atoms with Crippen LogP contribution in [0.2, 0.25) is 0 Å². The average Bonchev–Trinajstić information content (AvgIpc) is 2.60. The Kier molecular flexibility index (Phi) is 4.94. The number of nitrogens with one attached hydrogen (secondary N) is 1. The molecule has 0 aliphatic heterocycles. The Morgan fingerprint density at radius 3 is 2.79 bits per heavy atom. The second kappa shape index (κ2) is 7.30. The van der Waals surface area contributed by atoms with Crippen molar-refractivity contribution < 1.29 is 14.7 Å². The molecule has 0 fully saturated rings. The van der Waals surface area contributed by atoms with Gasteiger partial charge in [-0.2, -0.15) is 0 Å². The molecule has 1 unspecified atom stereocenters. The Bertz CT molecular complexity index is 754. The number of carbonyl (C=O) groups excluding carboxylic acids is 1. The molecule has 0 radical (unpaired) electrons. The van der Waals surface area contributed by atoms with E-state index in [1.807, 2.05) is 0 Å². The molecule has 0 heterocycles. The topological polar surface area (TPSA) is 66.4 Å². The van der Waals surface area contributed by atoms with Gasteiger partial charge in [0.25, 0.3) is 0 Å². The molecular weight excluding hydrogens is 302 g/mol. The van der Waals surface area contributed by atoms with Gasteiger partial charge >= 0.3 is 5.97 Å². The van der Waals surface area contributed by atoms with Crippen molar-refractivity contribution in [2.24, 2.45) is 0 Å². The quantitative estimate of drug-likeness (QED) is 0.888. The summed E-state index contributed by atoms with van der Waals surface area (Å²) in [6.07, 6.45) is 3.56. The number of benzene rings is 2. The first kappa shape index (κ1) is 16.2. The van der Waals surface area contributed by atoms with E-state index in [-0.39, 0.29) is 17.9 Å². The molecule has 0 saturated heterocycles. The number of aromatic carboxylic acids is 1. The second-order valence-electron chi connectivity index (χ2n) is 6.27. The monoisotopic (exact) mass is 323 g/mol. The van der Waals surface area contributed by atoms with E-state index in [0.29, 0.717) is 12.5 Å². The summed E-state index contributed by atoms with van der Waals surface area (Å²) in [5.74, 6) is -0.680. The summed E-state index contributed by atoms with van der Waals surface area (Å²) in [6.45, 7) is 0.633. The highest BCUT2D eigenvalue weighted by Gasteiger charge is 2.20. The minimum atomic E-state index is -0.976. The Morgan fingerprint density at radius 2 is 1.96 bits per heavy atom. The summed E-state index contributed by atoms with van der Waals surface area (Å²) >= 11 is 0. The second-order valence-corrected chi connectivity index (χ2v) is 6.27. The highest BCUT2D eigenvalue weighted by Crippen LogP contribution is 2.30. The summed E-state index contributed by atoms with van der Waals surface area (Å²) in [5, 5.41) is 12.0. The van der Waals surface area contributed by atoms with Gasteiger partial charge in [-0.3, -0.25) is 4.79 Å². The van der Waals surface area contributed by atoms with E-state index in [1.165, 1.54) is 17.2 Å². The lowest BCUT2D eigenvalue weighted by molar-refractivity contribution is -0.120. The van der Waals surface area contributed by atoms with Gasteiger partial charge in [-0.25, -0.2) is 4.79 Å². The smallest absolute Gasteiger partial charge is 0.335 e. The van der Waals surface area contributed by atoms with E-state index in [1.54, 1.807) is 18.2 Å². The molecule has 1 aliphatic carbocycles. The number of fused-ring (bicyclic) bond motifs is 1. The van der Waals surface area contributed by atoms with Gasteiger partial charge in [0.05, 0.1) is 12.0 Å². The summed E-state index contributed by atoms with van der Waals surface area (Å²) in [5.41, 5.74) is 3.66. The summed E-state index contributed by atoms with van der Waals surface area (Å²) < 4.78 is 0. The Labute approximate surface area is 141 Å². The number of amides is 1. The molecular formula is C20H21NO3. The van der Waals surface area contributed by atoms with Crippen LogP contribution in [0.1, 0.15) is 45.8 Å². The number of carbonyl (C=O) groups is 2. The van der Waals surface area contributed by atoms with Gasteiger partial charge in [0.2, 0.25) is 5.91 Å². The van der Waals surface area contributed by atoms with Crippen molar-refractivity contribution in [3.8, 4) is 0 Å². The largest absolute Gasteiger partial charge is 0.478 e. The van der Waals surface area contributed by atoms with Crippen LogP contribution in [-0.4, -0.2) is 23.5 Å². The van der Waals surface area contributed by atoms with E-state index in [0.717, 1.165) is 24.8 Å². The van der Waals surface area contributed by atoms with Crippen molar-refractivity contribution in [2.75, 3.05) is 6.54 Å². The highest BCUT2D eigenvalue weighted by molar-refractivity contribution is 5.88. The zero-order valence-electron chi connectivity index (χ0n) is 13.5. The normalized spacial score (nSPS) is 16.2. The molecule has 124 valence electrons. The molecule has 1 amide bonds. The number of hydrogen-bond acceptors (Lipinski definition) is 2. The van der Waals surface area contributed by atoms with Crippen LogP contribution in [0.3, 0.4) is 0 Å². The fourth-order valence-electron chi connectivity index (χ4n) is 3.37. The van der Waals surface area contributed by atoms with Crippen LogP contribution < -0.4 is 5.32 Å². The molecule has 0 bridgehead atoms. The molecule has 0 aromatic heterocycles. The van der Waals surface area contributed by atoms with Crippen molar-refractivity contribution in [2.45, 2.75) is 31.6 Å². The van der Waals surface area contributed by atoms with Crippen molar-refractivity contribution >= 4 is 11.9 Å². The molecule has 24 heavy (non-hydrogen) atoms. The summed E-state index contributed by atoms with van der Waals surface area (Å²) in [7, 11) is 0. The lowest BCUT2D eigenvalue weighted by Crippen LogP contribution is -2.31. The van der Waals surface area contributed by atoms with Crippen LogP contribution in [0.5, 0.6) is 0 Å². The predicted octanol–water partition coefficient (Wildman–Crippen LogP) is 3.16. The minimum Gasteiger partial charge on any atom is -0.478 e. The van der Waals surface area contributed by atoms with E-state index in [2.05, 4.69) is 29.6 Å². The fraction of sp³-hybridized carbons (Fsp3) is 0.300.